The van der Waals surface area contributed by atoms with Crippen molar-refractivity contribution in [3.8, 4) is 22.8 Å². The number of ether oxygens (including phenoxy) is 3. The average molecular weight is 699 g/mol. The molecule has 2 N–H and O–H groups in total. The number of carbonyl (C=O) groups excluding carboxylic acids is 2. The minimum Gasteiger partial charge on any atom is -0.492 e. The molecule has 0 spiro atoms. The molecule has 8 nitrogen and oxygen atoms in total. The van der Waals surface area contributed by atoms with Crippen LogP contribution in [-0.2, 0) is 16.1 Å². The molecule has 1 atom stereocenters. The molecule has 5 rings (SSSR count). The van der Waals surface area contributed by atoms with E-state index in [4.69, 9.17) is 66.3 Å². The van der Waals surface area contributed by atoms with Gasteiger partial charge in [-0.05, 0) is 36.8 Å². The maximum absolute atomic E-state index is 14.7. The fourth-order valence-electron chi connectivity index (χ4n) is 4.31. The first-order valence-electron chi connectivity index (χ1n) is 13.2. The summed E-state index contributed by atoms with van der Waals surface area (Å²) in [5, 5.41) is -0.441. The Morgan fingerprint density at radius 3 is 2.38 bits per heavy atom. The third kappa shape index (κ3) is 7.53. The van der Waals surface area contributed by atoms with Gasteiger partial charge in [0.2, 0.25) is 0 Å². The zero-order valence-corrected chi connectivity index (χ0v) is 26.7. The highest BCUT2D eigenvalue weighted by Crippen LogP contribution is 2.38. The summed E-state index contributed by atoms with van der Waals surface area (Å²) in [6.45, 7) is 2.28. The van der Waals surface area contributed by atoms with E-state index >= 15 is 0 Å². The van der Waals surface area contributed by atoms with Crippen molar-refractivity contribution >= 4 is 69.7 Å². The van der Waals surface area contributed by atoms with Gasteiger partial charge >= 0.3 is 5.97 Å². The van der Waals surface area contributed by atoms with Crippen LogP contribution in [0, 0.1) is 11.6 Å². The minimum atomic E-state index is -1.09. The van der Waals surface area contributed by atoms with Crippen molar-refractivity contribution in [3.63, 3.8) is 0 Å². The van der Waals surface area contributed by atoms with E-state index in [0.717, 1.165) is 11.3 Å². The summed E-state index contributed by atoms with van der Waals surface area (Å²) in [5.41, 5.74) is 5.30. The van der Waals surface area contributed by atoms with Crippen LogP contribution < -0.4 is 20.1 Å². The summed E-state index contributed by atoms with van der Waals surface area (Å²) < 4.78 is 45.0. The van der Waals surface area contributed by atoms with Gasteiger partial charge in [0, 0.05) is 5.56 Å². The Hall–Kier alpha value is -3.83. The Kier molecular flexibility index (Phi) is 11.3. The molecule has 1 amide bonds. The molecule has 0 aliphatic carbocycles. The number of fused-ring (bicyclic) bond motifs is 1. The van der Waals surface area contributed by atoms with E-state index in [1.54, 1.807) is 29.2 Å². The number of para-hydroxylation sites is 2. The van der Waals surface area contributed by atoms with Gasteiger partial charge in [0.25, 0.3) is 5.91 Å². The zero-order valence-electron chi connectivity index (χ0n) is 23.7. The normalized spacial score (nSPS) is 13.7. The van der Waals surface area contributed by atoms with Gasteiger partial charge in [-0.25, -0.2) is 18.6 Å². The predicted molar refractivity (Wildman–Crippen MR) is 171 cm³/mol. The number of carbonyl (C=O) groups is 2. The number of nitrogen functional groups attached to an aromatic ring is 1. The Labute approximate surface area is 277 Å². The number of pyridine rings is 1. The number of esters is 1. The Balaban J connectivity index is 0.000000242. The summed E-state index contributed by atoms with van der Waals surface area (Å²) in [5.74, 6) is -2.91. The monoisotopic (exact) mass is 697 g/mol. The molecular formula is C31H25Cl4F2N3O5. The molecule has 1 aromatic heterocycles. The molecule has 45 heavy (non-hydrogen) atoms. The largest absolute Gasteiger partial charge is 0.492 e. The van der Waals surface area contributed by atoms with Gasteiger partial charge in [0.15, 0.2) is 27.9 Å². The van der Waals surface area contributed by atoms with E-state index in [1.165, 1.54) is 19.2 Å². The van der Waals surface area contributed by atoms with Gasteiger partial charge in [-0.1, -0.05) is 88.9 Å². The standard InChI is InChI=1S/C20H14Cl2F2N2O3.C11H11Cl2NO2/c1-28-19-12(21)8-7-11(14(19)23)17-15(24)16(25)13(22)18(26-17)20(27)29-9-10-5-3-2-4-6-10;1-7-6-16-9-5-3-2-4-8(9)14(7)11(15)10(12)13/h2-8H,9H2,1H3,(H2,25,26);2-5,7,10H,6H2,1H3. The van der Waals surface area contributed by atoms with Crippen molar-refractivity contribution in [2.24, 2.45) is 0 Å². The molecule has 1 unspecified atom stereocenters. The summed E-state index contributed by atoms with van der Waals surface area (Å²) in [6.07, 6.45) is 0. The first kappa shape index (κ1) is 34.1. The van der Waals surface area contributed by atoms with Crippen molar-refractivity contribution in [3.05, 3.63) is 99.7 Å². The predicted octanol–water partition coefficient (Wildman–Crippen LogP) is 7.89. The first-order chi connectivity index (χ1) is 21.5. The van der Waals surface area contributed by atoms with Gasteiger partial charge in [-0.3, -0.25) is 4.79 Å². The number of hydrogen-bond donors (Lipinski definition) is 1. The lowest BCUT2D eigenvalue weighted by molar-refractivity contribution is -0.117. The summed E-state index contributed by atoms with van der Waals surface area (Å²) in [6, 6.07) is 18.6. The molecule has 0 fully saturated rings. The number of nitrogens with two attached hydrogens (primary N) is 1. The van der Waals surface area contributed by atoms with E-state index < -0.39 is 44.5 Å². The third-order valence-electron chi connectivity index (χ3n) is 6.50. The number of rotatable bonds is 6. The van der Waals surface area contributed by atoms with Crippen molar-refractivity contribution in [2.45, 2.75) is 24.4 Å². The quantitative estimate of drug-likeness (QED) is 0.161. The van der Waals surface area contributed by atoms with Crippen molar-refractivity contribution < 1.29 is 32.6 Å². The molecule has 4 aromatic rings. The smallest absolute Gasteiger partial charge is 0.358 e. The van der Waals surface area contributed by atoms with Crippen LogP contribution in [0.3, 0.4) is 0 Å². The van der Waals surface area contributed by atoms with E-state index in [1.807, 2.05) is 37.3 Å². The van der Waals surface area contributed by atoms with E-state index in [2.05, 4.69) is 4.98 Å². The number of halogens is 6. The zero-order chi connectivity index (χ0) is 32.8. The van der Waals surface area contributed by atoms with Crippen LogP contribution in [0.15, 0.2) is 66.7 Å². The Morgan fingerprint density at radius 1 is 1.04 bits per heavy atom. The van der Waals surface area contributed by atoms with Crippen LogP contribution in [0.5, 0.6) is 11.5 Å². The number of methoxy groups -OCH3 is 1. The highest BCUT2D eigenvalue weighted by Gasteiger charge is 2.32. The topological polar surface area (TPSA) is 104 Å². The number of hydrogen-bond acceptors (Lipinski definition) is 7. The molecule has 3 aromatic carbocycles. The van der Waals surface area contributed by atoms with Gasteiger partial charge in [0.05, 0.1) is 34.6 Å². The minimum absolute atomic E-state index is 0.0152. The molecule has 1 aliphatic rings. The Bertz CT molecular complexity index is 1710. The lowest BCUT2D eigenvalue weighted by atomic mass is 10.1. The Morgan fingerprint density at radius 2 is 1.71 bits per heavy atom. The van der Waals surface area contributed by atoms with Gasteiger partial charge < -0.3 is 24.8 Å². The highest BCUT2D eigenvalue weighted by molar-refractivity contribution is 6.54. The highest BCUT2D eigenvalue weighted by atomic mass is 35.5. The van der Waals surface area contributed by atoms with Gasteiger partial charge in [0.1, 0.15) is 24.7 Å². The molecule has 0 bridgehead atoms. The van der Waals surface area contributed by atoms with Gasteiger partial charge in [-0.15, -0.1) is 0 Å². The molecule has 0 radical (unpaired) electrons. The summed E-state index contributed by atoms with van der Waals surface area (Å²) in [4.78, 5) is 28.8. The maximum Gasteiger partial charge on any atom is 0.358 e. The molecule has 0 saturated heterocycles. The average Bonchev–Trinajstić information content (AvgIpc) is 3.04. The second kappa shape index (κ2) is 15.0. The molecule has 2 heterocycles. The first-order valence-corrected chi connectivity index (χ1v) is 14.8. The van der Waals surface area contributed by atoms with Crippen LogP contribution in [0.2, 0.25) is 10.0 Å². The molecular weight excluding hydrogens is 674 g/mol. The van der Waals surface area contributed by atoms with Crippen LogP contribution in [-0.4, -0.2) is 41.5 Å². The van der Waals surface area contributed by atoms with Crippen molar-refractivity contribution in [1.82, 2.24) is 4.98 Å². The number of nitrogens with zero attached hydrogens (tertiary/aromatic N) is 2. The number of alkyl halides is 2. The van der Waals surface area contributed by atoms with Gasteiger partial charge in [-0.2, -0.15) is 0 Å². The fourth-order valence-corrected chi connectivity index (χ4v) is 4.95. The lowest BCUT2D eigenvalue weighted by Crippen LogP contribution is -2.47. The lowest BCUT2D eigenvalue weighted by Gasteiger charge is -2.35. The van der Waals surface area contributed by atoms with E-state index in [9.17, 15) is 18.4 Å². The SMILES string of the molecule is CC1COc2ccccc2N1C(=O)C(Cl)Cl.COc1c(Cl)ccc(-c2nc(C(=O)OCc3ccccc3)c(Cl)c(N)c2F)c1F. The molecule has 236 valence electrons. The second-order valence-corrected chi connectivity index (χ2v) is 11.4. The van der Waals surface area contributed by atoms with E-state index in [-0.39, 0.29) is 34.9 Å². The number of amides is 1. The van der Waals surface area contributed by atoms with Crippen LogP contribution in [0.4, 0.5) is 20.2 Å². The van der Waals surface area contributed by atoms with Crippen LogP contribution in [0.25, 0.3) is 11.3 Å². The van der Waals surface area contributed by atoms with Crippen LogP contribution >= 0.6 is 46.4 Å². The summed E-state index contributed by atoms with van der Waals surface area (Å²) in [7, 11) is 1.21. The summed E-state index contributed by atoms with van der Waals surface area (Å²) >= 11 is 23.1. The number of benzene rings is 3. The number of anilines is 2. The molecule has 0 saturated carbocycles. The van der Waals surface area contributed by atoms with E-state index in [0.29, 0.717) is 12.4 Å². The fraction of sp³-hybridized carbons (Fsp3) is 0.194. The molecule has 14 heteroatoms. The van der Waals surface area contributed by atoms with Crippen molar-refractivity contribution in [1.29, 1.82) is 0 Å². The third-order valence-corrected chi connectivity index (χ3v) is 7.55. The number of aromatic nitrogens is 1. The molecule has 1 aliphatic heterocycles. The second-order valence-electron chi connectivity index (χ2n) is 9.49. The maximum atomic E-state index is 14.7. The van der Waals surface area contributed by atoms with Crippen LogP contribution in [0.1, 0.15) is 23.0 Å². The van der Waals surface area contributed by atoms with Crippen molar-refractivity contribution in [2.75, 3.05) is 24.4 Å².